The van der Waals surface area contributed by atoms with Crippen LogP contribution in [0.25, 0.3) is 0 Å². The molecule has 0 spiro atoms. The number of hydrogen-bond donors (Lipinski definition) is 2. The summed E-state index contributed by atoms with van der Waals surface area (Å²) in [7, 11) is 1.72. The van der Waals surface area contributed by atoms with Crippen LogP contribution in [0.3, 0.4) is 0 Å². The van der Waals surface area contributed by atoms with E-state index in [4.69, 9.17) is 4.74 Å². The number of carbonyl (C=O) groups is 4. The summed E-state index contributed by atoms with van der Waals surface area (Å²) in [6.45, 7) is 18.5. The summed E-state index contributed by atoms with van der Waals surface area (Å²) in [6.07, 6.45) is 40.7. The molecular weight excluding hydrogens is 1140 g/mol. The molecule has 11 fully saturated rings. The third kappa shape index (κ3) is 9.43. The Morgan fingerprint density at radius 2 is 0.783 bits per heavy atom. The molecule has 0 radical (unpaired) electrons. The predicted molar refractivity (Wildman–Crippen MR) is 352 cm³/mol. The molecule has 11 saturated carbocycles. The lowest BCUT2D eigenvalue weighted by atomic mass is 9.46. The molecular formula is C81H108N4O7. The first-order chi connectivity index (χ1) is 43.6. The van der Waals surface area contributed by atoms with Gasteiger partial charge < -0.3 is 14.9 Å². The molecule has 16 aliphatic rings. The standard InChI is InChI=1S/C21H29NO2.2C20H27NO2.C20H25NO/c1-19-9-6-15(23)12-14(19)4-5-16-17(19)7-10-20(2)18(16)8-11-21(20,13-22)24-3;2*1-18-8-5-14(22)11-13(18)3-4-15-16(18)6-9-19(2)17(15)7-10-20(19,23)12-21;1-19-9-7-15(22)11-13(19)3-5-16-17-6-4-14(12-21)20(17,2)10-8-18(16)19/h12,16-18H,4-11H2,1-3H3;11,15-17,23H,3-10H2,1-2H3;3,15-17,23H,4-11H2,1-2H3;4,11,16-18H,3,5-10H2,1-2H3/t16?,17-,18-,19+,20+,21+;2*15?,16-,17-,18+,19+,20+;16?,17-,18-,19+,20-/m1111/s1. The van der Waals surface area contributed by atoms with Crippen LogP contribution in [0.4, 0.5) is 0 Å². The van der Waals surface area contributed by atoms with Crippen LogP contribution >= 0.6 is 0 Å². The van der Waals surface area contributed by atoms with Gasteiger partial charge in [0.1, 0.15) is 5.78 Å². The second-order valence-corrected chi connectivity index (χ2v) is 35.4. The summed E-state index contributed by atoms with van der Waals surface area (Å²) >= 11 is 0. The Balaban J connectivity index is 0.000000112. The van der Waals surface area contributed by atoms with Crippen LogP contribution < -0.4 is 0 Å². The summed E-state index contributed by atoms with van der Waals surface area (Å²) in [5.74, 6) is 8.72. The molecule has 0 amide bonds. The van der Waals surface area contributed by atoms with E-state index in [1.807, 2.05) is 18.2 Å². The summed E-state index contributed by atoms with van der Waals surface area (Å²) in [5.41, 5.74) is 4.19. The van der Waals surface area contributed by atoms with Gasteiger partial charge in [0.25, 0.3) is 0 Å². The van der Waals surface area contributed by atoms with Crippen LogP contribution in [0, 0.1) is 160 Å². The molecule has 4 unspecified atom stereocenters. The summed E-state index contributed by atoms with van der Waals surface area (Å²) in [6, 6.07) is 9.52. The number of rotatable bonds is 1. The molecule has 92 heavy (non-hydrogen) atoms. The van der Waals surface area contributed by atoms with Crippen molar-refractivity contribution in [1.29, 1.82) is 21.0 Å². The Labute approximate surface area is 550 Å². The minimum Gasteiger partial charge on any atom is -0.375 e. The van der Waals surface area contributed by atoms with E-state index < -0.39 is 16.8 Å². The second kappa shape index (κ2) is 22.9. The molecule has 0 saturated heterocycles. The molecule has 16 aliphatic carbocycles. The van der Waals surface area contributed by atoms with Crippen LogP contribution in [0.2, 0.25) is 0 Å². The number of allylic oxidation sites excluding steroid dienone is 8. The van der Waals surface area contributed by atoms with E-state index >= 15 is 0 Å². The molecule has 0 aromatic rings. The quantitative estimate of drug-likeness (QED) is 0.186. The van der Waals surface area contributed by atoms with Crippen LogP contribution in [0.5, 0.6) is 0 Å². The first kappa shape index (κ1) is 65.9. The molecule has 0 aliphatic heterocycles. The number of ketones is 4. The Kier molecular flexibility index (Phi) is 16.4. The van der Waals surface area contributed by atoms with Crippen molar-refractivity contribution in [2.75, 3.05) is 7.11 Å². The number of methoxy groups -OCH3 is 1. The summed E-state index contributed by atoms with van der Waals surface area (Å²) in [5, 5.41) is 60.1. The molecule has 0 aromatic heterocycles. The van der Waals surface area contributed by atoms with Crippen molar-refractivity contribution in [2.24, 2.45) is 114 Å². The average Bonchev–Trinajstić information content (AvgIpc) is 1.46. The third-order valence-corrected chi connectivity index (χ3v) is 32.8. The van der Waals surface area contributed by atoms with Gasteiger partial charge in [0.05, 0.1) is 24.3 Å². The van der Waals surface area contributed by atoms with E-state index in [1.165, 1.54) is 48.0 Å². The smallest absolute Gasteiger partial charge is 0.159 e. The van der Waals surface area contributed by atoms with Gasteiger partial charge in [-0.15, -0.1) is 0 Å². The molecule has 0 aromatic carbocycles. The number of nitriles is 4. The van der Waals surface area contributed by atoms with E-state index in [9.17, 15) is 50.4 Å². The molecule has 0 heterocycles. The summed E-state index contributed by atoms with van der Waals surface area (Å²) in [4.78, 5) is 47.4. The molecule has 2 N–H and O–H groups in total. The molecule has 23 atom stereocenters. The normalized spacial score (nSPS) is 50.3. The zero-order valence-electron chi connectivity index (χ0n) is 57.5. The number of ether oxygens (including phenoxy) is 1. The largest absolute Gasteiger partial charge is 0.375 e. The summed E-state index contributed by atoms with van der Waals surface area (Å²) < 4.78 is 5.83. The van der Waals surface area contributed by atoms with Gasteiger partial charge in [0.15, 0.2) is 34.2 Å². The lowest BCUT2D eigenvalue weighted by Gasteiger charge is -2.58. The van der Waals surface area contributed by atoms with Crippen molar-refractivity contribution >= 4 is 23.1 Å². The van der Waals surface area contributed by atoms with Crippen LogP contribution in [-0.4, -0.2) is 57.3 Å². The van der Waals surface area contributed by atoms with Gasteiger partial charge in [-0.25, -0.2) is 0 Å². The Bertz CT molecular complexity index is 3440. The maximum absolute atomic E-state index is 11.9. The van der Waals surface area contributed by atoms with E-state index in [0.29, 0.717) is 120 Å². The van der Waals surface area contributed by atoms with E-state index in [1.54, 1.807) is 7.11 Å². The Hall–Kier alpha value is -4.78. The minimum absolute atomic E-state index is 0.0142. The number of hydrogen-bond acceptors (Lipinski definition) is 11. The highest BCUT2D eigenvalue weighted by Gasteiger charge is 2.68. The second-order valence-electron chi connectivity index (χ2n) is 35.4. The highest BCUT2D eigenvalue weighted by Crippen LogP contribution is 2.72. The van der Waals surface area contributed by atoms with Crippen LogP contribution in [-0.2, 0) is 23.9 Å². The van der Waals surface area contributed by atoms with Gasteiger partial charge in [-0.3, -0.25) is 19.2 Å². The van der Waals surface area contributed by atoms with Gasteiger partial charge in [0, 0.05) is 66.4 Å². The number of nitrogens with zero attached hydrogens (tertiary/aromatic N) is 4. The molecule has 16 rings (SSSR count). The third-order valence-electron chi connectivity index (χ3n) is 32.8. The number of fused-ring (bicyclic) bond motifs is 20. The number of Topliss-reactive ketones (excluding diaryl/α,β-unsaturated/α-hetero) is 1. The Morgan fingerprint density at radius 3 is 1.24 bits per heavy atom. The molecule has 11 heteroatoms. The number of carbonyl (C=O) groups excluding carboxylic acids is 4. The molecule has 11 nitrogen and oxygen atoms in total. The van der Waals surface area contributed by atoms with Gasteiger partial charge in [-0.2, -0.15) is 21.0 Å². The fraction of sp³-hybridized carbons (Fsp3) is 0.778. The molecule has 0 bridgehead atoms. The predicted octanol–water partition coefficient (Wildman–Crippen LogP) is 16.6. The van der Waals surface area contributed by atoms with Crippen molar-refractivity contribution in [2.45, 2.75) is 271 Å². The van der Waals surface area contributed by atoms with Crippen molar-refractivity contribution in [3.05, 3.63) is 58.2 Å². The number of aliphatic hydroxyl groups is 2. The minimum atomic E-state index is -1.14. The van der Waals surface area contributed by atoms with E-state index in [2.05, 4.69) is 91.8 Å². The van der Waals surface area contributed by atoms with E-state index in [0.717, 1.165) is 153 Å². The van der Waals surface area contributed by atoms with Crippen molar-refractivity contribution in [3.63, 3.8) is 0 Å². The first-order valence-corrected chi connectivity index (χ1v) is 36.8. The zero-order valence-corrected chi connectivity index (χ0v) is 57.5. The highest BCUT2D eigenvalue weighted by molar-refractivity contribution is 5.92. The maximum Gasteiger partial charge on any atom is 0.159 e. The lowest BCUT2D eigenvalue weighted by molar-refractivity contribution is -0.124. The van der Waals surface area contributed by atoms with Crippen molar-refractivity contribution < 1.29 is 34.1 Å². The Morgan fingerprint density at radius 1 is 0.391 bits per heavy atom. The fourth-order valence-corrected chi connectivity index (χ4v) is 26.9. The topological polar surface area (TPSA) is 213 Å². The van der Waals surface area contributed by atoms with Crippen molar-refractivity contribution in [3.8, 4) is 24.3 Å². The van der Waals surface area contributed by atoms with Crippen molar-refractivity contribution in [1.82, 2.24) is 0 Å². The van der Waals surface area contributed by atoms with Gasteiger partial charge in [0.2, 0.25) is 0 Å². The monoisotopic (exact) mass is 1250 g/mol. The van der Waals surface area contributed by atoms with Crippen LogP contribution in [0.1, 0.15) is 254 Å². The zero-order chi connectivity index (χ0) is 65.6. The fourth-order valence-electron chi connectivity index (χ4n) is 26.9. The SMILES string of the molecule is CO[C@]1(C#N)CC[C@@H]2C3CCC4=CC(=O)CC[C@]4(C)[C@@H]3CC[C@@]21C.C[C@]12CCC(=O)C=C1CCC1[C@H]2CC[C@@]2(C)[C@@H]1CC[C@]2(O)C#N.C[C@]12CCC(=O)C=C1CCC1[C@H]2CC[C@]2(C)C(C#N)=CC[C@H]12.C[C@]12CCC(=O)CC1=CCC1[C@H]2CC[C@@]2(C)[C@@H]1CC[C@]2(O)C#N. The molecule has 494 valence electrons. The van der Waals surface area contributed by atoms with E-state index in [-0.39, 0.29) is 43.3 Å². The van der Waals surface area contributed by atoms with Crippen LogP contribution in [0.15, 0.2) is 58.2 Å². The lowest BCUT2D eigenvalue weighted by Crippen LogP contribution is -2.55. The van der Waals surface area contributed by atoms with Gasteiger partial charge >= 0.3 is 0 Å². The first-order valence-electron chi connectivity index (χ1n) is 36.8. The van der Waals surface area contributed by atoms with Gasteiger partial charge in [-0.1, -0.05) is 89.8 Å². The highest BCUT2D eigenvalue weighted by atomic mass is 16.5. The maximum atomic E-state index is 11.9. The average molecular weight is 1250 g/mol. The van der Waals surface area contributed by atoms with Gasteiger partial charge in [-0.05, 0) is 278 Å².